The smallest absolute Gasteiger partial charge is 0.133 e. The van der Waals surface area contributed by atoms with E-state index in [-0.39, 0.29) is 0 Å². The summed E-state index contributed by atoms with van der Waals surface area (Å²) in [5, 5.41) is 4.18. The van der Waals surface area contributed by atoms with E-state index >= 15 is 0 Å². The Bertz CT molecular complexity index is 514. The molecule has 5 nitrogen and oxygen atoms in total. The Labute approximate surface area is 132 Å². The highest BCUT2D eigenvalue weighted by molar-refractivity contribution is 5.06. The van der Waals surface area contributed by atoms with E-state index in [1.54, 1.807) is 0 Å². The zero-order chi connectivity index (χ0) is 15.1. The van der Waals surface area contributed by atoms with Gasteiger partial charge in [-0.3, -0.25) is 4.90 Å². The molecule has 3 heterocycles. The van der Waals surface area contributed by atoms with Crippen LogP contribution in [0.4, 0.5) is 0 Å². The number of fused-ring (bicyclic) bond motifs is 1. The van der Waals surface area contributed by atoms with Crippen LogP contribution in [0.25, 0.3) is 0 Å². The summed E-state index contributed by atoms with van der Waals surface area (Å²) >= 11 is 0. The molecule has 3 fully saturated rings. The number of nitrogens with zero attached hydrogens (tertiary/aromatic N) is 3. The minimum absolute atomic E-state index is 0.421. The zero-order valence-electron chi connectivity index (χ0n) is 13.7. The summed E-state index contributed by atoms with van der Waals surface area (Å²) < 4.78 is 11.0. The van der Waals surface area contributed by atoms with Crippen LogP contribution in [0.3, 0.4) is 0 Å². The van der Waals surface area contributed by atoms with Crippen molar-refractivity contribution in [3.05, 3.63) is 17.5 Å². The SMILES string of the molecule is CO[C@H]1CCN(Cc2cc(C)on2)[C@@H]2CN(CC3CC3)C[C@H]12. The first-order valence-electron chi connectivity index (χ1n) is 8.64. The Balaban J connectivity index is 1.45. The van der Waals surface area contributed by atoms with Crippen molar-refractivity contribution in [3.8, 4) is 0 Å². The molecule has 0 N–H and O–H groups in total. The largest absolute Gasteiger partial charge is 0.381 e. The minimum atomic E-state index is 0.421. The molecular weight excluding hydrogens is 278 g/mol. The maximum absolute atomic E-state index is 5.79. The lowest BCUT2D eigenvalue weighted by Gasteiger charge is -2.40. The van der Waals surface area contributed by atoms with E-state index in [9.17, 15) is 0 Å². The fraction of sp³-hybridized carbons (Fsp3) is 0.824. The molecule has 0 radical (unpaired) electrons. The van der Waals surface area contributed by atoms with Crippen molar-refractivity contribution in [3.63, 3.8) is 0 Å². The highest BCUT2D eigenvalue weighted by atomic mass is 16.5. The summed E-state index contributed by atoms with van der Waals surface area (Å²) in [5.74, 6) is 2.51. The Hall–Kier alpha value is -0.910. The molecule has 0 aromatic carbocycles. The summed E-state index contributed by atoms with van der Waals surface area (Å²) in [6.07, 6.45) is 4.42. The summed E-state index contributed by atoms with van der Waals surface area (Å²) in [6.45, 7) is 7.66. The molecule has 0 unspecified atom stereocenters. The highest BCUT2D eigenvalue weighted by Crippen LogP contribution is 2.36. The molecule has 3 aliphatic rings. The predicted molar refractivity (Wildman–Crippen MR) is 83.5 cm³/mol. The molecule has 3 atom stereocenters. The third kappa shape index (κ3) is 2.94. The molecule has 4 rings (SSSR count). The maximum atomic E-state index is 5.79. The highest BCUT2D eigenvalue weighted by Gasteiger charge is 2.45. The Morgan fingerprint density at radius 2 is 2.18 bits per heavy atom. The number of aromatic nitrogens is 1. The fourth-order valence-electron chi connectivity index (χ4n) is 4.32. The molecule has 1 aliphatic carbocycles. The van der Waals surface area contributed by atoms with Gasteiger partial charge in [0.2, 0.25) is 0 Å². The van der Waals surface area contributed by atoms with Crippen LogP contribution in [0.1, 0.15) is 30.7 Å². The second kappa shape index (κ2) is 5.95. The van der Waals surface area contributed by atoms with E-state index in [1.807, 2.05) is 14.0 Å². The lowest BCUT2D eigenvalue weighted by atomic mass is 9.89. The standard InChI is InChI=1S/C17H27N3O2/c1-12-7-14(18-22-12)9-20-6-5-17(21-2)15-10-19(11-16(15)20)8-13-3-4-13/h7,13,15-17H,3-6,8-11H2,1-2H3/t15-,16+,17-/m0/s1. The van der Waals surface area contributed by atoms with Gasteiger partial charge < -0.3 is 14.2 Å². The van der Waals surface area contributed by atoms with Gasteiger partial charge in [0.15, 0.2) is 0 Å². The molecule has 122 valence electrons. The third-order valence-corrected chi connectivity index (χ3v) is 5.61. The molecule has 0 spiro atoms. The van der Waals surface area contributed by atoms with Crippen molar-refractivity contribution in [1.82, 2.24) is 15.0 Å². The molecule has 2 saturated heterocycles. The third-order valence-electron chi connectivity index (χ3n) is 5.61. The number of methoxy groups -OCH3 is 1. The normalized spacial score (nSPS) is 33.3. The molecule has 1 aromatic heterocycles. The van der Waals surface area contributed by atoms with E-state index in [2.05, 4.69) is 21.0 Å². The monoisotopic (exact) mass is 305 g/mol. The van der Waals surface area contributed by atoms with E-state index in [4.69, 9.17) is 9.26 Å². The van der Waals surface area contributed by atoms with Gasteiger partial charge in [-0.1, -0.05) is 5.16 Å². The molecule has 0 bridgehead atoms. The lowest BCUT2D eigenvalue weighted by Crippen LogP contribution is -2.50. The van der Waals surface area contributed by atoms with Gasteiger partial charge in [-0.05, 0) is 32.1 Å². The number of rotatable bonds is 5. The van der Waals surface area contributed by atoms with Gasteiger partial charge in [0.05, 0.1) is 11.8 Å². The van der Waals surface area contributed by atoms with E-state index < -0.39 is 0 Å². The molecule has 2 aliphatic heterocycles. The molecule has 5 heteroatoms. The summed E-state index contributed by atoms with van der Waals surface area (Å²) in [5.41, 5.74) is 1.06. The number of hydrogen-bond acceptors (Lipinski definition) is 5. The van der Waals surface area contributed by atoms with Crippen LogP contribution in [0, 0.1) is 18.8 Å². The van der Waals surface area contributed by atoms with Gasteiger partial charge >= 0.3 is 0 Å². The number of hydrogen-bond donors (Lipinski definition) is 0. The zero-order valence-corrected chi connectivity index (χ0v) is 13.7. The molecule has 22 heavy (non-hydrogen) atoms. The topological polar surface area (TPSA) is 41.7 Å². The average molecular weight is 305 g/mol. The molecule has 1 saturated carbocycles. The Morgan fingerprint density at radius 3 is 2.86 bits per heavy atom. The van der Waals surface area contributed by atoms with E-state index in [1.165, 1.54) is 32.5 Å². The van der Waals surface area contributed by atoms with Gasteiger partial charge in [-0.2, -0.15) is 0 Å². The lowest BCUT2D eigenvalue weighted by molar-refractivity contribution is -0.0250. The van der Waals surface area contributed by atoms with Gasteiger partial charge in [0, 0.05) is 57.9 Å². The van der Waals surface area contributed by atoms with Crippen LogP contribution >= 0.6 is 0 Å². The first kappa shape index (κ1) is 14.7. The fourth-order valence-corrected chi connectivity index (χ4v) is 4.32. The Kier molecular flexibility index (Phi) is 3.96. The second-order valence-electron chi connectivity index (χ2n) is 7.36. The van der Waals surface area contributed by atoms with Crippen molar-refractivity contribution >= 4 is 0 Å². The van der Waals surface area contributed by atoms with E-state index in [0.717, 1.165) is 36.9 Å². The molecule has 1 aromatic rings. The van der Waals surface area contributed by atoms with Crippen LogP contribution in [0.2, 0.25) is 0 Å². The van der Waals surface area contributed by atoms with Gasteiger partial charge in [0.1, 0.15) is 5.76 Å². The van der Waals surface area contributed by atoms with Gasteiger partial charge in [0.25, 0.3) is 0 Å². The van der Waals surface area contributed by atoms with Crippen LogP contribution in [-0.2, 0) is 11.3 Å². The number of ether oxygens (including phenoxy) is 1. The first-order valence-corrected chi connectivity index (χ1v) is 8.64. The Morgan fingerprint density at radius 1 is 1.32 bits per heavy atom. The second-order valence-corrected chi connectivity index (χ2v) is 7.36. The van der Waals surface area contributed by atoms with Crippen molar-refractivity contribution in [1.29, 1.82) is 0 Å². The van der Waals surface area contributed by atoms with Crippen molar-refractivity contribution in [2.45, 2.75) is 44.9 Å². The number of likely N-dealkylation sites (tertiary alicyclic amines) is 2. The maximum Gasteiger partial charge on any atom is 0.133 e. The quantitative estimate of drug-likeness (QED) is 0.831. The van der Waals surface area contributed by atoms with Crippen LogP contribution in [0.5, 0.6) is 0 Å². The summed E-state index contributed by atoms with van der Waals surface area (Å²) in [4.78, 5) is 5.27. The summed E-state index contributed by atoms with van der Waals surface area (Å²) in [7, 11) is 1.88. The van der Waals surface area contributed by atoms with Gasteiger partial charge in [-0.25, -0.2) is 0 Å². The van der Waals surface area contributed by atoms with Crippen molar-refractivity contribution < 1.29 is 9.26 Å². The predicted octanol–water partition coefficient (Wildman–Crippen LogP) is 1.91. The summed E-state index contributed by atoms with van der Waals surface area (Å²) in [6, 6.07) is 2.67. The van der Waals surface area contributed by atoms with Crippen molar-refractivity contribution in [2.75, 3.05) is 33.3 Å². The van der Waals surface area contributed by atoms with Crippen LogP contribution in [-0.4, -0.2) is 60.4 Å². The number of piperidine rings is 1. The first-order chi connectivity index (χ1) is 10.7. The van der Waals surface area contributed by atoms with E-state index in [0.29, 0.717) is 18.1 Å². The van der Waals surface area contributed by atoms with Crippen molar-refractivity contribution in [2.24, 2.45) is 11.8 Å². The molecular formula is C17H27N3O2. The molecule has 0 amide bonds. The van der Waals surface area contributed by atoms with Crippen LogP contribution in [0.15, 0.2) is 10.6 Å². The van der Waals surface area contributed by atoms with Crippen LogP contribution < -0.4 is 0 Å². The minimum Gasteiger partial charge on any atom is -0.381 e. The average Bonchev–Trinajstić information content (AvgIpc) is 3.05. The number of aryl methyl sites for hydroxylation is 1. The van der Waals surface area contributed by atoms with Gasteiger partial charge in [-0.15, -0.1) is 0 Å².